The Balaban J connectivity index is 1.56. The highest BCUT2D eigenvalue weighted by Gasteiger charge is 2.42. The Bertz CT molecular complexity index is 1210. The van der Waals surface area contributed by atoms with Crippen LogP contribution in [0.3, 0.4) is 0 Å². The molecule has 0 N–H and O–H groups in total. The van der Waals surface area contributed by atoms with Crippen molar-refractivity contribution < 1.29 is 31.5 Å². The maximum atomic E-state index is 13.0. The Morgan fingerprint density at radius 3 is 1.97 bits per heavy atom. The first-order chi connectivity index (χ1) is 17.7. The normalized spacial score (nSPS) is 18.9. The highest BCUT2D eigenvalue weighted by atomic mass is 32.2. The summed E-state index contributed by atoms with van der Waals surface area (Å²) in [7, 11) is -4.01. The van der Waals surface area contributed by atoms with E-state index in [1.807, 2.05) is 81.4 Å². The first kappa shape index (κ1) is 27.4. The second-order valence-electron chi connectivity index (χ2n) is 9.52. The van der Waals surface area contributed by atoms with Crippen LogP contribution in [0.5, 0.6) is 0 Å². The second kappa shape index (κ2) is 12.3. The number of rotatable bonds is 12. The van der Waals surface area contributed by atoms with Gasteiger partial charge in [-0.3, -0.25) is 4.18 Å². The molecule has 3 aromatic carbocycles. The molecule has 0 radical (unpaired) electrons. The van der Waals surface area contributed by atoms with Gasteiger partial charge in [0.15, 0.2) is 5.79 Å². The Kier molecular flexibility index (Phi) is 9.13. The van der Waals surface area contributed by atoms with Crippen molar-refractivity contribution in [2.75, 3.05) is 13.2 Å². The fraction of sp³-hybridized carbons (Fsp3) is 0.379. The summed E-state index contributed by atoms with van der Waals surface area (Å²) < 4.78 is 56.0. The summed E-state index contributed by atoms with van der Waals surface area (Å²) in [4.78, 5) is 0.0863. The Labute approximate surface area is 219 Å². The fourth-order valence-electron chi connectivity index (χ4n) is 4.04. The van der Waals surface area contributed by atoms with E-state index in [0.29, 0.717) is 6.61 Å². The van der Waals surface area contributed by atoms with Crippen molar-refractivity contribution in [1.82, 2.24) is 0 Å². The number of aryl methyl sites for hydroxylation is 1. The molecule has 3 atom stereocenters. The van der Waals surface area contributed by atoms with Gasteiger partial charge in [0.05, 0.1) is 31.3 Å². The van der Waals surface area contributed by atoms with Crippen LogP contribution < -0.4 is 0 Å². The van der Waals surface area contributed by atoms with Gasteiger partial charge in [-0.05, 0) is 44.0 Å². The quantitative estimate of drug-likeness (QED) is 0.307. The zero-order valence-electron chi connectivity index (χ0n) is 21.4. The topological polar surface area (TPSA) is 80.3 Å². The lowest BCUT2D eigenvalue weighted by Crippen LogP contribution is -2.46. The predicted octanol–water partition coefficient (Wildman–Crippen LogP) is 5.02. The lowest BCUT2D eigenvalue weighted by molar-refractivity contribution is -0.183. The second-order valence-corrected chi connectivity index (χ2v) is 11.1. The minimum atomic E-state index is -4.01. The van der Waals surface area contributed by atoms with Crippen molar-refractivity contribution in [2.45, 2.75) is 63.0 Å². The average Bonchev–Trinajstić information content (AvgIpc) is 3.26. The van der Waals surface area contributed by atoms with E-state index in [2.05, 4.69) is 0 Å². The molecule has 3 aromatic rings. The van der Waals surface area contributed by atoms with Crippen molar-refractivity contribution in [1.29, 1.82) is 0 Å². The number of hydrogen-bond acceptors (Lipinski definition) is 7. The van der Waals surface area contributed by atoms with E-state index in [1.165, 1.54) is 12.1 Å². The van der Waals surface area contributed by atoms with Crippen LogP contribution in [0.1, 0.15) is 30.5 Å². The van der Waals surface area contributed by atoms with Gasteiger partial charge in [0.2, 0.25) is 0 Å². The van der Waals surface area contributed by atoms with Crippen molar-refractivity contribution in [3.63, 3.8) is 0 Å². The van der Waals surface area contributed by atoms with Crippen LogP contribution in [0.4, 0.5) is 0 Å². The van der Waals surface area contributed by atoms with E-state index in [-0.39, 0.29) is 24.7 Å². The molecule has 0 bridgehead atoms. The van der Waals surface area contributed by atoms with Crippen LogP contribution in [0.15, 0.2) is 89.8 Å². The zero-order valence-corrected chi connectivity index (χ0v) is 22.2. The Hall–Kier alpha value is -2.59. The van der Waals surface area contributed by atoms with Gasteiger partial charge in [0, 0.05) is 0 Å². The smallest absolute Gasteiger partial charge is 0.297 e. The van der Waals surface area contributed by atoms with E-state index in [4.69, 9.17) is 23.1 Å². The number of ether oxygens (including phenoxy) is 4. The van der Waals surface area contributed by atoms with E-state index < -0.39 is 34.2 Å². The number of benzene rings is 3. The fourth-order valence-corrected chi connectivity index (χ4v) is 4.96. The maximum Gasteiger partial charge on any atom is 0.297 e. The molecule has 1 fully saturated rings. The van der Waals surface area contributed by atoms with Gasteiger partial charge in [-0.2, -0.15) is 8.42 Å². The number of hydrogen-bond donors (Lipinski definition) is 0. The summed E-state index contributed by atoms with van der Waals surface area (Å²) in [5.74, 6) is -0.794. The summed E-state index contributed by atoms with van der Waals surface area (Å²) in [6, 6.07) is 25.9. The van der Waals surface area contributed by atoms with Gasteiger partial charge in [-0.15, -0.1) is 0 Å². The highest BCUT2D eigenvalue weighted by Crippen LogP contribution is 2.29. The maximum absolute atomic E-state index is 13.0. The highest BCUT2D eigenvalue weighted by molar-refractivity contribution is 7.86. The molecule has 1 aliphatic rings. The summed E-state index contributed by atoms with van der Waals surface area (Å²) >= 11 is 0. The standard InChI is InChI=1S/C29H34O7S/c1-22-14-16-25(17-15-22)37(30,31)35-21-26(32-18-23-10-6-4-7-11-23)28(27-20-34-29(2,3)36-27)33-19-24-12-8-5-9-13-24/h4-17,26-28H,18-21H2,1-3H3/t26-,27-,28+/m1/s1. The molecule has 0 unspecified atom stereocenters. The third-order valence-electron chi connectivity index (χ3n) is 6.05. The molecule has 7 nitrogen and oxygen atoms in total. The van der Waals surface area contributed by atoms with Crippen molar-refractivity contribution in [3.8, 4) is 0 Å². The molecule has 1 aliphatic heterocycles. The molecule has 1 heterocycles. The molecule has 0 saturated carbocycles. The third kappa shape index (κ3) is 7.95. The summed E-state index contributed by atoms with van der Waals surface area (Å²) in [6.45, 7) is 6.14. The Morgan fingerprint density at radius 1 is 0.865 bits per heavy atom. The van der Waals surface area contributed by atoms with Crippen molar-refractivity contribution in [3.05, 3.63) is 102 Å². The van der Waals surface area contributed by atoms with Crippen LogP contribution >= 0.6 is 0 Å². The van der Waals surface area contributed by atoms with Gasteiger partial charge in [-0.1, -0.05) is 78.4 Å². The van der Waals surface area contributed by atoms with Gasteiger partial charge < -0.3 is 18.9 Å². The average molecular weight is 527 g/mol. The summed E-state index contributed by atoms with van der Waals surface area (Å²) in [5, 5.41) is 0. The van der Waals surface area contributed by atoms with Crippen LogP contribution in [-0.4, -0.2) is 45.7 Å². The van der Waals surface area contributed by atoms with Crippen LogP contribution in [0.2, 0.25) is 0 Å². The molecular formula is C29H34O7S. The van der Waals surface area contributed by atoms with E-state index in [9.17, 15) is 8.42 Å². The molecule has 0 spiro atoms. The first-order valence-electron chi connectivity index (χ1n) is 12.3. The molecule has 198 valence electrons. The Morgan fingerprint density at radius 2 is 1.43 bits per heavy atom. The van der Waals surface area contributed by atoms with Crippen LogP contribution in [0, 0.1) is 6.92 Å². The molecule has 0 amide bonds. The zero-order chi connectivity index (χ0) is 26.3. The van der Waals surface area contributed by atoms with Crippen LogP contribution in [0.25, 0.3) is 0 Å². The lowest BCUT2D eigenvalue weighted by Gasteiger charge is -2.31. The summed E-state index contributed by atoms with van der Waals surface area (Å²) in [6.07, 6.45) is -1.89. The molecular weight excluding hydrogens is 492 g/mol. The van der Waals surface area contributed by atoms with Gasteiger partial charge in [0.25, 0.3) is 10.1 Å². The first-order valence-corrected chi connectivity index (χ1v) is 13.7. The summed E-state index contributed by atoms with van der Waals surface area (Å²) in [5.41, 5.74) is 2.87. The van der Waals surface area contributed by atoms with Gasteiger partial charge in [0.1, 0.15) is 18.3 Å². The SMILES string of the molecule is Cc1ccc(S(=O)(=O)OC[C@@H](OCc2ccccc2)[C@H](OCc2ccccc2)[C@H]2COC(C)(C)O2)cc1. The molecule has 8 heteroatoms. The van der Waals surface area contributed by atoms with Gasteiger partial charge in [-0.25, -0.2) is 0 Å². The molecule has 1 saturated heterocycles. The van der Waals surface area contributed by atoms with E-state index >= 15 is 0 Å². The van der Waals surface area contributed by atoms with Crippen LogP contribution in [-0.2, 0) is 46.5 Å². The minimum absolute atomic E-state index is 0.0863. The van der Waals surface area contributed by atoms with Crippen molar-refractivity contribution in [2.24, 2.45) is 0 Å². The predicted molar refractivity (Wildman–Crippen MR) is 139 cm³/mol. The minimum Gasteiger partial charge on any atom is -0.368 e. The molecule has 4 rings (SSSR count). The van der Waals surface area contributed by atoms with E-state index in [0.717, 1.165) is 16.7 Å². The van der Waals surface area contributed by atoms with Crippen molar-refractivity contribution >= 4 is 10.1 Å². The molecule has 37 heavy (non-hydrogen) atoms. The van der Waals surface area contributed by atoms with E-state index in [1.54, 1.807) is 12.1 Å². The van der Waals surface area contributed by atoms with Gasteiger partial charge >= 0.3 is 0 Å². The lowest BCUT2D eigenvalue weighted by atomic mass is 10.1. The molecule has 0 aromatic heterocycles. The molecule has 0 aliphatic carbocycles. The third-order valence-corrected chi connectivity index (χ3v) is 7.35. The largest absolute Gasteiger partial charge is 0.368 e. The monoisotopic (exact) mass is 526 g/mol.